The maximum Gasteiger partial charge on any atom is 0.408 e. The molecule has 160 valence electrons. The van der Waals surface area contributed by atoms with Gasteiger partial charge in [0.25, 0.3) is 0 Å². The fourth-order valence-electron chi connectivity index (χ4n) is 2.61. The number of carbonyl (C=O) groups is 3. The molecule has 0 spiro atoms. The SMILES string of the molecule is CC(C)(C)OC(=O)NC(c1cncc(OCc2ccccc2)c1)C(C(=O)O)C(=O)O. The van der Waals surface area contributed by atoms with Crippen molar-refractivity contribution >= 4 is 18.0 Å². The van der Waals surface area contributed by atoms with Gasteiger partial charge in [-0.3, -0.25) is 14.6 Å². The van der Waals surface area contributed by atoms with Crippen molar-refractivity contribution in [3.05, 3.63) is 59.9 Å². The lowest BCUT2D eigenvalue weighted by atomic mass is 9.94. The molecule has 3 N–H and O–H groups in total. The molecule has 0 fully saturated rings. The first-order chi connectivity index (χ1) is 14.1. The first-order valence-electron chi connectivity index (χ1n) is 9.13. The number of amides is 1. The highest BCUT2D eigenvalue weighted by atomic mass is 16.6. The van der Waals surface area contributed by atoms with Crippen LogP contribution in [0.4, 0.5) is 4.79 Å². The molecule has 9 nitrogen and oxygen atoms in total. The zero-order chi connectivity index (χ0) is 22.3. The van der Waals surface area contributed by atoms with Crippen LogP contribution in [-0.2, 0) is 20.9 Å². The van der Waals surface area contributed by atoms with E-state index in [2.05, 4.69) is 10.3 Å². The minimum Gasteiger partial charge on any atom is -0.487 e. The van der Waals surface area contributed by atoms with Crippen LogP contribution < -0.4 is 10.1 Å². The fourth-order valence-corrected chi connectivity index (χ4v) is 2.61. The summed E-state index contributed by atoms with van der Waals surface area (Å²) < 4.78 is 10.8. The summed E-state index contributed by atoms with van der Waals surface area (Å²) in [6.07, 6.45) is 1.74. The Hall–Kier alpha value is -3.62. The lowest BCUT2D eigenvalue weighted by Gasteiger charge is -2.26. The molecule has 1 heterocycles. The van der Waals surface area contributed by atoms with E-state index in [9.17, 15) is 24.6 Å². The van der Waals surface area contributed by atoms with Crippen LogP contribution in [0.2, 0.25) is 0 Å². The molecule has 30 heavy (non-hydrogen) atoms. The number of hydrogen-bond donors (Lipinski definition) is 3. The summed E-state index contributed by atoms with van der Waals surface area (Å²) in [5, 5.41) is 21.2. The van der Waals surface area contributed by atoms with Gasteiger partial charge >= 0.3 is 18.0 Å². The van der Waals surface area contributed by atoms with E-state index in [-0.39, 0.29) is 12.2 Å². The van der Waals surface area contributed by atoms with Crippen LogP contribution in [0.15, 0.2) is 48.8 Å². The Morgan fingerprint density at radius 2 is 1.70 bits per heavy atom. The van der Waals surface area contributed by atoms with Gasteiger partial charge in [0.05, 0.1) is 12.2 Å². The Morgan fingerprint density at radius 1 is 1.07 bits per heavy atom. The predicted molar refractivity (Wildman–Crippen MR) is 106 cm³/mol. The monoisotopic (exact) mass is 416 g/mol. The fraction of sp³-hybridized carbons (Fsp3) is 0.333. The van der Waals surface area contributed by atoms with E-state index in [0.717, 1.165) is 5.56 Å². The number of pyridine rings is 1. The zero-order valence-electron chi connectivity index (χ0n) is 16.9. The molecule has 1 aromatic heterocycles. The van der Waals surface area contributed by atoms with Crippen LogP contribution in [0, 0.1) is 5.92 Å². The van der Waals surface area contributed by atoms with E-state index in [4.69, 9.17) is 9.47 Å². The van der Waals surface area contributed by atoms with E-state index in [1.165, 1.54) is 18.5 Å². The van der Waals surface area contributed by atoms with E-state index in [0.29, 0.717) is 5.75 Å². The van der Waals surface area contributed by atoms with Crippen molar-refractivity contribution in [2.24, 2.45) is 5.92 Å². The topological polar surface area (TPSA) is 135 Å². The molecule has 0 saturated heterocycles. The Kier molecular flexibility index (Phi) is 7.35. The number of nitrogens with one attached hydrogen (secondary N) is 1. The van der Waals surface area contributed by atoms with Crippen LogP contribution in [0.25, 0.3) is 0 Å². The van der Waals surface area contributed by atoms with Crippen LogP contribution >= 0.6 is 0 Å². The van der Waals surface area contributed by atoms with Crippen molar-refractivity contribution in [2.75, 3.05) is 0 Å². The minimum absolute atomic E-state index is 0.154. The van der Waals surface area contributed by atoms with Crippen molar-refractivity contribution < 1.29 is 34.1 Å². The summed E-state index contributed by atoms with van der Waals surface area (Å²) in [5.41, 5.74) is 0.205. The van der Waals surface area contributed by atoms with Gasteiger partial charge in [0.2, 0.25) is 0 Å². The van der Waals surface area contributed by atoms with Crippen molar-refractivity contribution in [3.8, 4) is 5.75 Å². The van der Waals surface area contributed by atoms with Crippen molar-refractivity contribution in [1.82, 2.24) is 10.3 Å². The van der Waals surface area contributed by atoms with Gasteiger partial charge in [-0.2, -0.15) is 0 Å². The quantitative estimate of drug-likeness (QED) is 0.559. The minimum atomic E-state index is -1.95. The Bertz CT molecular complexity index is 880. The lowest BCUT2D eigenvalue weighted by molar-refractivity contribution is -0.156. The highest BCUT2D eigenvalue weighted by Gasteiger charge is 2.38. The largest absolute Gasteiger partial charge is 0.487 e. The normalized spacial score (nSPS) is 12.1. The van der Waals surface area contributed by atoms with Gasteiger partial charge in [-0.25, -0.2) is 4.79 Å². The van der Waals surface area contributed by atoms with Gasteiger partial charge in [0.1, 0.15) is 18.0 Å². The molecule has 1 amide bonds. The van der Waals surface area contributed by atoms with Crippen LogP contribution in [0.5, 0.6) is 5.75 Å². The number of carboxylic acids is 2. The highest BCUT2D eigenvalue weighted by Crippen LogP contribution is 2.26. The predicted octanol–water partition coefficient (Wildman–Crippen LogP) is 3.01. The second-order valence-corrected chi connectivity index (χ2v) is 7.51. The van der Waals surface area contributed by atoms with Gasteiger partial charge in [0.15, 0.2) is 5.92 Å². The molecule has 0 aliphatic carbocycles. The molecular weight excluding hydrogens is 392 g/mol. The number of benzene rings is 1. The first-order valence-corrected chi connectivity index (χ1v) is 9.13. The summed E-state index contributed by atoms with van der Waals surface area (Å²) in [6.45, 7) is 5.13. The second kappa shape index (κ2) is 9.73. The number of nitrogens with zero attached hydrogens (tertiary/aromatic N) is 1. The third-order valence-corrected chi connectivity index (χ3v) is 3.88. The second-order valence-electron chi connectivity index (χ2n) is 7.51. The lowest BCUT2D eigenvalue weighted by Crippen LogP contribution is -2.42. The maximum atomic E-state index is 12.2. The van der Waals surface area contributed by atoms with Crippen molar-refractivity contribution in [1.29, 1.82) is 0 Å². The van der Waals surface area contributed by atoms with Crippen LogP contribution in [-0.4, -0.2) is 38.8 Å². The molecule has 0 aliphatic rings. The molecular formula is C21H24N2O7. The van der Waals surface area contributed by atoms with Gasteiger partial charge < -0.3 is 25.0 Å². The number of rotatable bonds is 8. The summed E-state index contributed by atoms with van der Waals surface area (Å²) in [6, 6.07) is 9.34. The van der Waals surface area contributed by atoms with E-state index in [1.807, 2.05) is 30.3 Å². The van der Waals surface area contributed by atoms with Crippen LogP contribution in [0.3, 0.4) is 0 Å². The number of carboxylic acid groups (broad SMARTS) is 2. The molecule has 2 aromatic rings. The Balaban J connectivity index is 2.29. The molecule has 2 rings (SSSR count). The molecule has 0 radical (unpaired) electrons. The summed E-state index contributed by atoms with van der Waals surface area (Å²) >= 11 is 0. The molecule has 9 heteroatoms. The van der Waals surface area contributed by atoms with Gasteiger partial charge in [-0.1, -0.05) is 30.3 Å². The van der Waals surface area contributed by atoms with Gasteiger partial charge in [-0.05, 0) is 38.0 Å². The van der Waals surface area contributed by atoms with Crippen molar-refractivity contribution in [2.45, 2.75) is 39.0 Å². The third-order valence-electron chi connectivity index (χ3n) is 3.88. The third kappa shape index (κ3) is 6.77. The number of alkyl carbamates (subject to hydrolysis) is 1. The smallest absolute Gasteiger partial charge is 0.408 e. The van der Waals surface area contributed by atoms with E-state index in [1.54, 1.807) is 20.8 Å². The molecule has 1 atom stereocenters. The Labute approximate surface area is 173 Å². The first kappa shape index (κ1) is 22.7. The zero-order valence-corrected chi connectivity index (χ0v) is 16.9. The molecule has 0 bridgehead atoms. The Morgan fingerprint density at radius 3 is 2.27 bits per heavy atom. The summed E-state index contributed by atoms with van der Waals surface area (Å²) in [7, 11) is 0. The van der Waals surface area contributed by atoms with Gasteiger partial charge in [-0.15, -0.1) is 0 Å². The standard InChI is InChI=1S/C21H24N2O7/c1-21(2,3)30-20(28)23-17(16(18(24)25)19(26)27)14-9-15(11-22-10-14)29-12-13-7-5-4-6-8-13/h4-11,16-17H,12H2,1-3H3,(H,23,28)(H,24,25)(H,26,27). The number of hydrogen-bond acceptors (Lipinski definition) is 6. The molecule has 1 aromatic carbocycles. The van der Waals surface area contributed by atoms with Gasteiger partial charge in [0, 0.05) is 6.20 Å². The van der Waals surface area contributed by atoms with Crippen molar-refractivity contribution in [3.63, 3.8) is 0 Å². The number of carbonyl (C=O) groups excluding carboxylic acids is 1. The maximum absolute atomic E-state index is 12.2. The summed E-state index contributed by atoms with van der Waals surface area (Å²) in [4.78, 5) is 39.4. The van der Waals surface area contributed by atoms with E-state index < -0.39 is 35.6 Å². The molecule has 0 aliphatic heterocycles. The summed E-state index contributed by atoms with van der Waals surface area (Å²) in [5.74, 6) is -4.89. The average molecular weight is 416 g/mol. The molecule has 0 saturated carbocycles. The van der Waals surface area contributed by atoms with Crippen LogP contribution in [0.1, 0.15) is 37.9 Å². The number of aliphatic carboxylic acids is 2. The highest BCUT2D eigenvalue weighted by molar-refractivity contribution is 5.94. The average Bonchev–Trinajstić information content (AvgIpc) is 2.65. The molecule has 1 unspecified atom stereocenters. The number of ether oxygens (including phenoxy) is 2. The number of aromatic nitrogens is 1. The van der Waals surface area contributed by atoms with E-state index >= 15 is 0 Å².